The second kappa shape index (κ2) is 7.31. The number of aromatic nitrogens is 1. The van der Waals surface area contributed by atoms with Crippen molar-refractivity contribution in [2.45, 2.75) is 43.8 Å². The van der Waals surface area contributed by atoms with E-state index in [2.05, 4.69) is 27.5 Å². The molecule has 1 aromatic rings. The van der Waals surface area contributed by atoms with E-state index < -0.39 is 15.7 Å². The zero-order chi connectivity index (χ0) is 14.5. The van der Waals surface area contributed by atoms with Gasteiger partial charge >= 0.3 is 0 Å². The molecule has 2 atom stereocenters. The third-order valence-electron chi connectivity index (χ3n) is 3.24. The molecule has 0 saturated heterocycles. The van der Waals surface area contributed by atoms with Gasteiger partial charge in [0, 0.05) is 16.9 Å². The van der Waals surface area contributed by atoms with Crippen molar-refractivity contribution < 1.29 is 4.21 Å². The van der Waals surface area contributed by atoms with Gasteiger partial charge < -0.3 is 0 Å². The first-order valence-electron chi connectivity index (χ1n) is 6.25. The number of hydrogen-bond donors (Lipinski definition) is 1. The van der Waals surface area contributed by atoms with E-state index in [4.69, 9.17) is 5.14 Å². The van der Waals surface area contributed by atoms with Gasteiger partial charge in [-0.25, -0.2) is 4.21 Å². The molecule has 19 heavy (non-hydrogen) atoms. The molecule has 0 amide bonds. The van der Waals surface area contributed by atoms with Crippen LogP contribution in [0.3, 0.4) is 0 Å². The summed E-state index contributed by atoms with van der Waals surface area (Å²) in [6.07, 6.45) is 8.16. The van der Waals surface area contributed by atoms with E-state index in [0.29, 0.717) is 0 Å². The molecule has 0 saturated carbocycles. The molecule has 0 aliphatic carbocycles. The summed E-state index contributed by atoms with van der Waals surface area (Å²) in [6, 6.07) is 1.93. The van der Waals surface area contributed by atoms with E-state index in [-0.39, 0.29) is 5.92 Å². The maximum Gasteiger partial charge on any atom is 0.0945 e. The zero-order valence-corrected chi connectivity index (χ0v) is 13.8. The lowest BCUT2D eigenvalue weighted by Gasteiger charge is -2.28. The van der Waals surface area contributed by atoms with Crippen molar-refractivity contribution in [2.24, 2.45) is 5.14 Å². The highest BCUT2D eigenvalue weighted by molar-refractivity contribution is 9.10. The van der Waals surface area contributed by atoms with Crippen LogP contribution in [-0.2, 0) is 11.0 Å². The van der Waals surface area contributed by atoms with Crippen molar-refractivity contribution >= 4 is 26.9 Å². The minimum absolute atomic E-state index is 0.267. The average Bonchev–Trinajstić information content (AvgIpc) is 2.35. The highest BCUT2D eigenvalue weighted by atomic mass is 79.9. The number of allylic oxidation sites excluding steroid dienone is 1. The SMILES string of the molecule is C=CCC[C@H](CC(C)(C)S(N)=O)c1cnccc1Br. The van der Waals surface area contributed by atoms with Gasteiger partial charge in [-0.3, -0.25) is 10.1 Å². The Morgan fingerprint density at radius 2 is 2.32 bits per heavy atom. The van der Waals surface area contributed by atoms with E-state index in [1.807, 2.05) is 32.2 Å². The molecule has 0 radical (unpaired) electrons. The molecule has 0 aromatic carbocycles. The van der Waals surface area contributed by atoms with Crippen LogP contribution in [0, 0.1) is 0 Å². The molecule has 106 valence electrons. The summed E-state index contributed by atoms with van der Waals surface area (Å²) < 4.78 is 12.3. The molecule has 1 rings (SSSR count). The van der Waals surface area contributed by atoms with E-state index >= 15 is 0 Å². The standard InChI is InChI=1S/C14H21BrN2OS/c1-4-5-6-11(9-14(2,3)19(16)18)12-10-17-8-7-13(12)15/h4,7-8,10-11H,1,5-6,9,16H2,2-3H3/t11-,19?/m1/s1. The number of pyridine rings is 1. The molecular formula is C14H21BrN2OS. The van der Waals surface area contributed by atoms with Crippen LogP contribution in [0.1, 0.15) is 44.6 Å². The fourth-order valence-electron chi connectivity index (χ4n) is 2.05. The summed E-state index contributed by atoms with van der Waals surface area (Å²) in [6.45, 7) is 7.65. The van der Waals surface area contributed by atoms with Gasteiger partial charge in [0.2, 0.25) is 0 Å². The van der Waals surface area contributed by atoms with Crippen molar-refractivity contribution in [3.8, 4) is 0 Å². The molecule has 0 bridgehead atoms. The van der Waals surface area contributed by atoms with Crippen LogP contribution in [0.15, 0.2) is 35.6 Å². The maximum atomic E-state index is 11.6. The van der Waals surface area contributed by atoms with Crippen molar-refractivity contribution in [1.82, 2.24) is 4.98 Å². The third kappa shape index (κ3) is 4.82. The van der Waals surface area contributed by atoms with Gasteiger partial charge in [-0.05, 0) is 50.7 Å². The second-order valence-corrected chi connectivity index (χ2v) is 7.78. The quantitative estimate of drug-likeness (QED) is 0.767. The molecule has 0 aliphatic rings. The van der Waals surface area contributed by atoms with E-state index in [0.717, 1.165) is 29.3 Å². The van der Waals surface area contributed by atoms with Crippen molar-refractivity contribution in [2.75, 3.05) is 0 Å². The van der Waals surface area contributed by atoms with E-state index in [1.54, 1.807) is 6.20 Å². The summed E-state index contributed by atoms with van der Waals surface area (Å²) in [7, 11) is -1.34. The fraction of sp³-hybridized carbons (Fsp3) is 0.500. The van der Waals surface area contributed by atoms with Crippen molar-refractivity contribution in [3.63, 3.8) is 0 Å². The molecule has 1 aromatic heterocycles. The Labute approximate surface area is 126 Å². The number of hydrogen-bond acceptors (Lipinski definition) is 2. The van der Waals surface area contributed by atoms with Crippen molar-refractivity contribution in [1.29, 1.82) is 0 Å². The van der Waals surface area contributed by atoms with Crippen LogP contribution < -0.4 is 5.14 Å². The molecule has 0 spiro atoms. The predicted octanol–water partition coefficient (Wildman–Crippen LogP) is 3.69. The summed E-state index contributed by atoms with van der Waals surface area (Å²) in [5.41, 5.74) is 1.14. The Balaban J connectivity index is 2.99. The molecule has 0 aliphatic heterocycles. The Bertz CT molecular complexity index is 463. The smallest absolute Gasteiger partial charge is 0.0945 e. The number of rotatable bonds is 7. The normalized spacial score (nSPS) is 14.9. The summed E-state index contributed by atoms with van der Waals surface area (Å²) >= 11 is 3.56. The van der Waals surface area contributed by atoms with Crippen molar-refractivity contribution in [3.05, 3.63) is 41.2 Å². The van der Waals surface area contributed by atoms with Crippen LogP contribution in [-0.4, -0.2) is 13.9 Å². The lowest BCUT2D eigenvalue weighted by Crippen LogP contribution is -2.33. The summed E-state index contributed by atoms with van der Waals surface area (Å²) in [5.74, 6) is 0.267. The molecule has 5 heteroatoms. The van der Waals surface area contributed by atoms with Crippen LogP contribution in [0.2, 0.25) is 0 Å². The largest absolute Gasteiger partial charge is 0.264 e. The van der Waals surface area contributed by atoms with Gasteiger partial charge in [-0.1, -0.05) is 22.0 Å². The zero-order valence-electron chi connectivity index (χ0n) is 11.4. The van der Waals surface area contributed by atoms with E-state index in [9.17, 15) is 4.21 Å². The van der Waals surface area contributed by atoms with Gasteiger partial charge in [-0.15, -0.1) is 6.58 Å². The second-order valence-electron chi connectivity index (χ2n) is 5.22. The molecular weight excluding hydrogens is 324 g/mol. The Morgan fingerprint density at radius 3 is 2.84 bits per heavy atom. The maximum absolute atomic E-state index is 11.6. The van der Waals surface area contributed by atoms with Gasteiger partial charge in [0.25, 0.3) is 0 Å². The minimum Gasteiger partial charge on any atom is -0.264 e. The summed E-state index contributed by atoms with van der Waals surface area (Å²) in [5, 5.41) is 5.59. The minimum atomic E-state index is -1.34. The lowest BCUT2D eigenvalue weighted by atomic mass is 9.87. The van der Waals surface area contributed by atoms with Crippen LogP contribution in [0.25, 0.3) is 0 Å². The number of nitrogens with two attached hydrogens (primary N) is 1. The molecule has 0 fully saturated rings. The van der Waals surface area contributed by atoms with E-state index in [1.165, 1.54) is 0 Å². The van der Waals surface area contributed by atoms with Gasteiger partial charge in [0.15, 0.2) is 0 Å². The van der Waals surface area contributed by atoms with Crippen LogP contribution >= 0.6 is 15.9 Å². The van der Waals surface area contributed by atoms with Crippen LogP contribution in [0.4, 0.5) is 0 Å². The fourth-order valence-corrected chi connectivity index (χ4v) is 2.96. The number of nitrogens with zero attached hydrogens (tertiary/aromatic N) is 1. The third-order valence-corrected chi connectivity index (χ3v) is 5.22. The Morgan fingerprint density at radius 1 is 1.63 bits per heavy atom. The highest BCUT2D eigenvalue weighted by Gasteiger charge is 2.29. The summed E-state index contributed by atoms with van der Waals surface area (Å²) in [4.78, 5) is 4.19. The lowest BCUT2D eigenvalue weighted by molar-refractivity contribution is 0.494. The van der Waals surface area contributed by atoms with Gasteiger partial charge in [0.1, 0.15) is 0 Å². The Kier molecular flexibility index (Phi) is 6.36. The molecule has 2 N–H and O–H groups in total. The molecule has 1 heterocycles. The van der Waals surface area contributed by atoms with Gasteiger partial charge in [0.05, 0.1) is 15.7 Å². The predicted molar refractivity (Wildman–Crippen MR) is 85.1 cm³/mol. The van der Waals surface area contributed by atoms with Gasteiger partial charge in [-0.2, -0.15) is 0 Å². The first-order chi connectivity index (χ1) is 8.88. The van der Waals surface area contributed by atoms with Crippen LogP contribution in [0.5, 0.6) is 0 Å². The highest BCUT2D eigenvalue weighted by Crippen LogP contribution is 2.35. The topological polar surface area (TPSA) is 56.0 Å². The molecule has 1 unspecified atom stereocenters. The average molecular weight is 345 g/mol. The first-order valence-corrected chi connectivity index (χ1v) is 8.25. The Hall–Kier alpha value is -0.520. The monoisotopic (exact) mass is 344 g/mol. The first kappa shape index (κ1) is 16.5. The molecule has 3 nitrogen and oxygen atoms in total. The number of halogens is 1.